The predicted molar refractivity (Wildman–Crippen MR) is 86.7 cm³/mol. The Morgan fingerprint density at radius 1 is 1.26 bits per heavy atom. The Balaban J connectivity index is 1.78. The second-order valence-corrected chi connectivity index (χ2v) is 5.91. The van der Waals surface area contributed by atoms with Gasteiger partial charge in [0.2, 0.25) is 0 Å². The van der Waals surface area contributed by atoms with Crippen LogP contribution in [0.4, 0.5) is 10.6 Å². The van der Waals surface area contributed by atoms with Gasteiger partial charge in [-0.25, -0.2) is 14.8 Å². The molecule has 1 aromatic heterocycles. The van der Waals surface area contributed by atoms with Crippen molar-refractivity contribution in [2.24, 2.45) is 5.41 Å². The fourth-order valence-electron chi connectivity index (χ4n) is 3.05. The number of anilines is 1. The molecule has 1 aliphatic carbocycles. The number of benzene rings is 1. The van der Waals surface area contributed by atoms with E-state index in [0.29, 0.717) is 5.82 Å². The first kappa shape index (κ1) is 15.4. The lowest BCUT2D eigenvalue weighted by atomic mass is 9.63. The minimum Gasteiger partial charge on any atom is -0.396 e. The van der Waals surface area contributed by atoms with Crippen molar-refractivity contribution < 1.29 is 9.90 Å². The van der Waals surface area contributed by atoms with Crippen LogP contribution in [-0.2, 0) is 0 Å². The molecular weight excluding hydrogens is 292 g/mol. The second-order valence-electron chi connectivity index (χ2n) is 5.91. The van der Waals surface area contributed by atoms with Gasteiger partial charge in [-0.05, 0) is 24.5 Å². The second kappa shape index (κ2) is 6.75. The minimum atomic E-state index is -0.336. The number of urea groups is 1. The number of amides is 2. The Bertz CT molecular complexity index is 639. The van der Waals surface area contributed by atoms with Crippen LogP contribution in [0.5, 0.6) is 0 Å². The molecule has 6 nitrogen and oxygen atoms in total. The lowest BCUT2D eigenvalue weighted by Gasteiger charge is -2.46. The number of hydrogen-bond acceptors (Lipinski definition) is 4. The number of aliphatic hydroxyl groups is 1. The van der Waals surface area contributed by atoms with Crippen LogP contribution in [0, 0.1) is 5.41 Å². The summed E-state index contributed by atoms with van der Waals surface area (Å²) in [6.45, 7) is 0.0559. The minimum absolute atomic E-state index is 0.0559. The monoisotopic (exact) mass is 312 g/mol. The van der Waals surface area contributed by atoms with E-state index in [-0.39, 0.29) is 24.1 Å². The van der Waals surface area contributed by atoms with Gasteiger partial charge in [-0.15, -0.1) is 0 Å². The zero-order valence-corrected chi connectivity index (χ0v) is 12.8. The fraction of sp³-hybridized carbons (Fsp3) is 0.353. The first-order chi connectivity index (χ1) is 11.2. The number of carbonyl (C=O) groups is 1. The van der Waals surface area contributed by atoms with Crippen LogP contribution in [0.1, 0.15) is 30.9 Å². The molecule has 3 rings (SSSR count). The van der Waals surface area contributed by atoms with E-state index in [1.165, 1.54) is 6.33 Å². The van der Waals surface area contributed by atoms with Gasteiger partial charge >= 0.3 is 6.03 Å². The summed E-state index contributed by atoms with van der Waals surface area (Å²) in [5.41, 5.74) is 0.712. The third-order valence-electron chi connectivity index (χ3n) is 4.51. The molecule has 0 spiro atoms. The van der Waals surface area contributed by atoms with E-state index in [2.05, 4.69) is 20.6 Å². The molecule has 1 heterocycles. The van der Waals surface area contributed by atoms with Gasteiger partial charge in [0.1, 0.15) is 12.1 Å². The number of hydrogen-bond donors (Lipinski definition) is 3. The average Bonchev–Trinajstić information content (AvgIpc) is 2.55. The Kier molecular flexibility index (Phi) is 4.52. The van der Waals surface area contributed by atoms with Crippen LogP contribution in [0.25, 0.3) is 0 Å². The number of carbonyl (C=O) groups excluding carboxylic acids is 1. The van der Waals surface area contributed by atoms with Gasteiger partial charge in [-0.3, -0.25) is 5.32 Å². The van der Waals surface area contributed by atoms with Crippen LogP contribution in [-0.4, -0.2) is 27.7 Å². The van der Waals surface area contributed by atoms with Crippen molar-refractivity contribution >= 4 is 11.8 Å². The van der Waals surface area contributed by atoms with Crippen LogP contribution in [0.15, 0.2) is 48.9 Å². The van der Waals surface area contributed by atoms with E-state index in [1.54, 1.807) is 12.3 Å². The lowest BCUT2D eigenvalue weighted by molar-refractivity contribution is 0.00969. The number of aliphatic hydroxyl groups excluding tert-OH is 1. The molecule has 1 aliphatic rings. The third kappa shape index (κ3) is 3.32. The average molecular weight is 312 g/mol. The molecule has 0 radical (unpaired) electrons. The normalized spacial score (nSPS) is 16.9. The number of rotatable bonds is 5. The first-order valence-corrected chi connectivity index (χ1v) is 7.73. The Hall–Kier alpha value is -2.47. The van der Waals surface area contributed by atoms with Crippen LogP contribution in [0.3, 0.4) is 0 Å². The SMILES string of the molecule is O=C(Nc1ccncn1)N[C@@H](c1ccccc1)C1(CO)CCC1. The molecule has 6 heteroatoms. The van der Waals surface area contributed by atoms with Crippen molar-refractivity contribution in [2.45, 2.75) is 25.3 Å². The zero-order chi connectivity index (χ0) is 16.1. The third-order valence-corrected chi connectivity index (χ3v) is 4.51. The molecule has 120 valence electrons. The molecule has 2 amide bonds. The van der Waals surface area contributed by atoms with E-state index >= 15 is 0 Å². The van der Waals surface area contributed by atoms with Crippen LogP contribution >= 0.6 is 0 Å². The topological polar surface area (TPSA) is 87.1 Å². The van der Waals surface area contributed by atoms with Crippen molar-refractivity contribution in [2.75, 3.05) is 11.9 Å². The molecule has 0 bridgehead atoms. The predicted octanol–water partition coefficient (Wildman–Crippen LogP) is 2.50. The highest BCUT2D eigenvalue weighted by atomic mass is 16.3. The van der Waals surface area contributed by atoms with Gasteiger partial charge in [0, 0.05) is 11.6 Å². The van der Waals surface area contributed by atoms with Gasteiger partial charge in [0.25, 0.3) is 0 Å². The van der Waals surface area contributed by atoms with Crippen molar-refractivity contribution in [3.8, 4) is 0 Å². The Labute approximate surface area is 135 Å². The standard InChI is InChI=1S/C17H20N4O2/c22-11-17(8-4-9-17)15(13-5-2-1-3-6-13)21-16(23)20-14-7-10-18-12-19-14/h1-3,5-7,10,12,15,22H,4,8-9,11H2,(H2,18,19,20,21,23)/t15-/m0/s1. The molecule has 0 saturated heterocycles. The summed E-state index contributed by atoms with van der Waals surface area (Å²) in [6, 6.07) is 10.8. The molecule has 1 aromatic carbocycles. The largest absolute Gasteiger partial charge is 0.396 e. The van der Waals surface area contributed by atoms with E-state index in [0.717, 1.165) is 24.8 Å². The molecule has 3 N–H and O–H groups in total. The molecule has 1 atom stereocenters. The highest BCUT2D eigenvalue weighted by molar-refractivity contribution is 5.88. The Morgan fingerprint density at radius 2 is 2.04 bits per heavy atom. The Morgan fingerprint density at radius 3 is 2.61 bits per heavy atom. The van der Waals surface area contributed by atoms with Crippen LogP contribution in [0.2, 0.25) is 0 Å². The summed E-state index contributed by atoms with van der Waals surface area (Å²) in [5, 5.41) is 15.6. The summed E-state index contributed by atoms with van der Waals surface area (Å²) in [5.74, 6) is 0.441. The summed E-state index contributed by atoms with van der Waals surface area (Å²) >= 11 is 0. The highest BCUT2D eigenvalue weighted by Crippen LogP contribution is 2.49. The maximum Gasteiger partial charge on any atom is 0.320 e. The smallest absolute Gasteiger partial charge is 0.320 e. The van der Waals surface area contributed by atoms with Gasteiger partial charge in [0.15, 0.2) is 0 Å². The fourth-order valence-corrected chi connectivity index (χ4v) is 3.05. The highest BCUT2D eigenvalue weighted by Gasteiger charge is 2.45. The molecular formula is C17H20N4O2. The zero-order valence-electron chi connectivity index (χ0n) is 12.8. The summed E-state index contributed by atoms with van der Waals surface area (Å²) in [6.07, 6.45) is 5.82. The van der Waals surface area contributed by atoms with E-state index in [4.69, 9.17) is 0 Å². The van der Waals surface area contributed by atoms with E-state index in [9.17, 15) is 9.90 Å². The van der Waals surface area contributed by atoms with Crippen molar-refractivity contribution in [1.82, 2.24) is 15.3 Å². The number of nitrogens with one attached hydrogen (secondary N) is 2. The van der Waals surface area contributed by atoms with E-state index in [1.807, 2.05) is 30.3 Å². The van der Waals surface area contributed by atoms with Gasteiger partial charge in [-0.2, -0.15) is 0 Å². The van der Waals surface area contributed by atoms with Crippen LogP contribution < -0.4 is 10.6 Å². The first-order valence-electron chi connectivity index (χ1n) is 7.73. The van der Waals surface area contributed by atoms with Gasteiger partial charge in [-0.1, -0.05) is 36.8 Å². The van der Waals surface area contributed by atoms with Crippen molar-refractivity contribution in [3.05, 3.63) is 54.5 Å². The number of aromatic nitrogens is 2. The molecule has 23 heavy (non-hydrogen) atoms. The molecule has 1 fully saturated rings. The van der Waals surface area contributed by atoms with Gasteiger partial charge < -0.3 is 10.4 Å². The molecule has 1 saturated carbocycles. The quantitative estimate of drug-likeness (QED) is 0.791. The van der Waals surface area contributed by atoms with E-state index < -0.39 is 0 Å². The molecule has 0 unspecified atom stereocenters. The maximum atomic E-state index is 12.3. The lowest BCUT2D eigenvalue weighted by Crippen LogP contribution is -2.48. The molecule has 2 aromatic rings. The molecule has 0 aliphatic heterocycles. The van der Waals surface area contributed by atoms with Crippen molar-refractivity contribution in [1.29, 1.82) is 0 Å². The van der Waals surface area contributed by atoms with Crippen molar-refractivity contribution in [3.63, 3.8) is 0 Å². The number of nitrogens with zero attached hydrogens (tertiary/aromatic N) is 2. The summed E-state index contributed by atoms with van der Waals surface area (Å²) in [7, 11) is 0. The van der Waals surface area contributed by atoms with Gasteiger partial charge in [0.05, 0.1) is 12.6 Å². The maximum absolute atomic E-state index is 12.3. The summed E-state index contributed by atoms with van der Waals surface area (Å²) in [4.78, 5) is 20.1. The summed E-state index contributed by atoms with van der Waals surface area (Å²) < 4.78 is 0.